The normalized spacial score (nSPS) is 27.5. The van der Waals surface area contributed by atoms with E-state index in [9.17, 15) is 19.5 Å². The lowest BCUT2D eigenvalue weighted by molar-refractivity contribution is -0.325. The molecule has 17 heavy (non-hydrogen) atoms. The first-order chi connectivity index (χ1) is 7.91. The van der Waals surface area contributed by atoms with Gasteiger partial charge in [0.1, 0.15) is 0 Å². The Kier molecular flexibility index (Phi) is 6.19. The first kappa shape index (κ1) is 15.4. The van der Waals surface area contributed by atoms with Gasteiger partial charge >= 0.3 is 11.9 Å². The largest absolute Gasteiger partial charge is 0.550 e. The Labute approximate surface area is 98.2 Å². The number of carboxylic acid groups (broad SMARTS) is 3. The molecule has 98 valence electrons. The molecule has 1 saturated carbocycles. The molecule has 7 heteroatoms. The summed E-state index contributed by atoms with van der Waals surface area (Å²) in [5, 5.41) is 28.1. The zero-order valence-electron chi connectivity index (χ0n) is 9.59. The van der Waals surface area contributed by atoms with E-state index in [0.717, 1.165) is 0 Å². The third-order valence-corrected chi connectivity index (χ3v) is 2.74. The lowest BCUT2D eigenvalue weighted by Gasteiger charge is -2.31. The Bertz CT molecular complexity index is 250. The van der Waals surface area contributed by atoms with Crippen molar-refractivity contribution in [3.8, 4) is 0 Å². The Morgan fingerprint density at radius 1 is 0.941 bits per heavy atom. The van der Waals surface area contributed by atoms with E-state index >= 15 is 0 Å². The van der Waals surface area contributed by atoms with Crippen molar-refractivity contribution in [2.45, 2.75) is 19.3 Å². The second-order valence-corrected chi connectivity index (χ2v) is 3.79. The predicted octanol–water partition coefficient (Wildman–Crippen LogP) is -2.20. The van der Waals surface area contributed by atoms with Gasteiger partial charge in [-0.15, -0.1) is 0 Å². The number of aliphatic carboxylic acids is 3. The van der Waals surface area contributed by atoms with Gasteiger partial charge < -0.3 is 25.8 Å². The smallest absolute Gasteiger partial charge is 0.306 e. The van der Waals surface area contributed by atoms with Gasteiger partial charge in [0, 0.05) is 11.9 Å². The van der Waals surface area contributed by atoms with Gasteiger partial charge in [0.05, 0.1) is 18.9 Å². The highest BCUT2D eigenvalue weighted by Gasteiger charge is 2.36. The maximum absolute atomic E-state index is 10.7. The number of hydrogen-bond donors (Lipinski definition) is 3. The van der Waals surface area contributed by atoms with Crippen molar-refractivity contribution in [3.63, 3.8) is 0 Å². The van der Waals surface area contributed by atoms with Crippen molar-refractivity contribution in [2.24, 2.45) is 17.8 Å². The van der Waals surface area contributed by atoms with Crippen LogP contribution in [0.3, 0.4) is 0 Å². The van der Waals surface area contributed by atoms with E-state index in [1.54, 1.807) is 7.05 Å². The van der Waals surface area contributed by atoms with Gasteiger partial charge in [-0.2, -0.15) is 0 Å². The second kappa shape index (κ2) is 6.85. The van der Waals surface area contributed by atoms with E-state index in [2.05, 4.69) is 5.73 Å². The van der Waals surface area contributed by atoms with Crippen LogP contribution < -0.4 is 10.8 Å². The quantitative estimate of drug-likeness (QED) is 0.516. The van der Waals surface area contributed by atoms with Crippen LogP contribution in [0.2, 0.25) is 0 Å². The minimum absolute atomic E-state index is 0.00551. The number of carboxylic acids is 3. The molecule has 1 unspecified atom stereocenters. The van der Waals surface area contributed by atoms with E-state index in [-0.39, 0.29) is 19.3 Å². The summed E-state index contributed by atoms with van der Waals surface area (Å²) in [6.45, 7) is 0. The van der Waals surface area contributed by atoms with Gasteiger partial charge in [-0.25, -0.2) is 0 Å². The van der Waals surface area contributed by atoms with Crippen molar-refractivity contribution in [1.82, 2.24) is 0 Å². The topological polar surface area (TPSA) is 142 Å². The molecule has 1 aliphatic rings. The molecule has 0 heterocycles. The van der Waals surface area contributed by atoms with Crippen LogP contribution in [0.5, 0.6) is 0 Å². The molecular formula is C10H17NO6. The molecule has 0 bridgehead atoms. The molecule has 7 nitrogen and oxygen atoms in total. The number of quaternary nitrogens is 1. The first-order valence-electron chi connectivity index (χ1n) is 5.29. The molecular weight excluding hydrogens is 230 g/mol. The van der Waals surface area contributed by atoms with Gasteiger partial charge in [0.15, 0.2) is 0 Å². The van der Waals surface area contributed by atoms with E-state index in [0.29, 0.717) is 0 Å². The lowest BCUT2D eigenvalue weighted by Crippen LogP contribution is -2.40. The van der Waals surface area contributed by atoms with Crippen molar-refractivity contribution < 1.29 is 35.4 Å². The zero-order chi connectivity index (χ0) is 13.6. The highest BCUT2D eigenvalue weighted by molar-refractivity contribution is 5.77. The van der Waals surface area contributed by atoms with E-state index in [1.165, 1.54) is 0 Å². The molecule has 0 aliphatic heterocycles. The Balaban J connectivity index is 0.00000121. The summed E-state index contributed by atoms with van der Waals surface area (Å²) in [7, 11) is 1.75. The number of rotatable bonds is 3. The summed E-state index contributed by atoms with van der Waals surface area (Å²) in [6, 6.07) is 0. The lowest BCUT2D eigenvalue weighted by atomic mass is 9.75. The minimum atomic E-state index is -1.37. The Morgan fingerprint density at radius 2 is 1.24 bits per heavy atom. The molecule has 0 aromatic rings. The van der Waals surface area contributed by atoms with Crippen LogP contribution in [-0.4, -0.2) is 35.2 Å². The molecule has 3 atom stereocenters. The maximum atomic E-state index is 10.7. The van der Waals surface area contributed by atoms with Crippen LogP contribution in [0.15, 0.2) is 0 Å². The second-order valence-electron chi connectivity index (χ2n) is 3.79. The monoisotopic (exact) mass is 247 g/mol. The molecule has 0 spiro atoms. The van der Waals surface area contributed by atoms with Crippen LogP contribution in [0.4, 0.5) is 0 Å². The SMILES string of the molecule is C[NH3+].O=C([O-])C1C[C@@H](C(=O)O)C[C@@H](C(=O)O)C1. The van der Waals surface area contributed by atoms with Crippen LogP contribution in [0.25, 0.3) is 0 Å². The summed E-state index contributed by atoms with van der Waals surface area (Å²) < 4.78 is 0. The van der Waals surface area contributed by atoms with Gasteiger partial charge in [-0.3, -0.25) is 9.59 Å². The van der Waals surface area contributed by atoms with Crippen molar-refractivity contribution in [1.29, 1.82) is 0 Å². The van der Waals surface area contributed by atoms with Crippen LogP contribution in [-0.2, 0) is 14.4 Å². The Morgan fingerprint density at radius 3 is 1.47 bits per heavy atom. The van der Waals surface area contributed by atoms with Crippen molar-refractivity contribution >= 4 is 17.9 Å². The van der Waals surface area contributed by atoms with Gasteiger partial charge in [0.2, 0.25) is 0 Å². The highest BCUT2D eigenvalue weighted by atomic mass is 16.4. The molecule has 0 aromatic heterocycles. The number of carbonyl (C=O) groups is 3. The molecule has 0 aromatic carbocycles. The Hall–Kier alpha value is -1.63. The van der Waals surface area contributed by atoms with Crippen LogP contribution in [0, 0.1) is 17.8 Å². The van der Waals surface area contributed by atoms with Crippen molar-refractivity contribution in [2.75, 3.05) is 7.05 Å². The summed E-state index contributed by atoms with van der Waals surface area (Å²) in [4.78, 5) is 32.0. The third kappa shape index (κ3) is 4.39. The molecule has 0 saturated heterocycles. The first-order valence-corrected chi connectivity index (χ1v) is 5.29. The summed E-state index contributed by atoms with van der Waals surface area (Å²) in [5.74, 6) is -6.43. The fourth-order valence-electron chi connectivity index (χ4n) is 1.91. The summed E-state index contributed by atoms with van der Waals surface area (Å²) in [5.41, 5.74) is 3.25. The molecule has 5 N–H and O–H groups in total. The van der Waals surface area contributed by atoms with Gasteiger partial charge in [-0.05, 0) is 19.3 Å². The fraction of sp³-hybridized carbons (Fsp3) is 0.700. The van der Waals surface area contributed by atoms with Crippen molar-refractivity contribution in [3.05, 3.63) is 0 Å². The molecule has 0 amide bonds. The zero-order valence-corrected chi connectivity index (χ0v) is 9.59. The number of hydrogen-bond acceptors (Lipinski definition) is 4. The average molecular weight is 247 g/mol. The molecule has 1 rings (SSSR count). The fourth-order valence-corrected chi connectivity index (χ4v) is 1.91. The van der Waals surface area contributed by atoms with E-state index < -0.39 is 35.7 Å². The molecule has 1 fully saturated rings. The van der Waals surface area contributed by atoms with E-state index in [1.807, 2.05) is 0 Å². The summed E-state index contributed by atoms with van der Waals surface area (Å²) in [6.07, 6.45) is -0.0860. The molecule has 0 radical (unpaired) electrons. The van der Waals surface area contributed by atoms with Gasteiger partial charge in [-0.1, -0.05) is 0 Å². The third-order valence-electron chi connectivity index (χ3n) is 2.74. The number of carbonyl (C=O) groups excluding carboxylic acids is 1. The molecule has 1 aliphatic carbocycles. The average Bonchev–Trinajstić information content (AvgIpc) is 2.30. The van der Waals surface area contributed by atoms with Crippen LogP contribution >= 0.6 is 0 Å². The minimum Gasteiger partial charge on any atom is -0.550 e. The predicted molar refractivity (Wildman–Crippen MR) is 53.4 cm³/mol. The standard InChI is InChI=1S/C9H12O6.CH5N/c10-7(11)4-1-5(8(12)13)3-6(2-4)9(14)15;1-2/h4-6H,1-3H2,(H,10,11)(H,12,13)(H,14,15);2H2,1H3. The highest BCUT2D eigenvalue weighted by Crippen LogP contribution is 2.33. The van der Waals surface area contributed by atoms with E-state index in [4.69, 9.17) is 10.2 Å². The van der Waals surface area contributed by atoms with Gasteiger partial charge in [0.25, 0.3) is 0 Å². The summed E-state index contributed by atoms with van der Waals surface area (Å²) >= 11 is 0. The van der Waals surface area contributed by atoms with Crippen LogP contribution in [0.1, 0.15) is 19.3 Å². The maximum Gasteiger partial charge on any atom is 0.306 e.